The lowest BCUT2D eigenvalue weighted by molar-refractivity contribution is -0.597. The van der Waals surface area contributed by atoms with E-state index in [1.54, 1.807) is 19.2 Å². The van der Waals surface area contributed by atoms with E-state index in [1.165, 1.54) is 18.3 Å². The van der Waals surface area contributed by atoms with Gasteiger partial charge in [-0.1, -0.05) is 118 Å². The van der Waals surface area contributed by atoms with Crippen molar-refractivity contribution >= 4 is 67.9 Å². The maximum absolute atomic E-state index is 15.4. The SMILES string of the molecule is CC(C)c1ccc([I+]c2ccc(C(C)C)cc2)cc1.COc1ccc(N(c2ccccc2)c2ccc(N(c3ccccc3)c3ccc(Oc4ccc(C(=O)c5ccc(C)cc5)cc4)cc3)cc2)cc1.Fc1c(F)c(F)c([B-](c2c(F)c(F)c(F)c(F)c2F)(c2c(F)c(F)c(F)c(F)c2F)c2c(F)c(F)c(F)c(F)c2F)c(F)c1F. The number of carbonyl (C=O) groups excluding carboxylic acids is 1. The molecule has 0 bridgehead atoms. The molecule has 13 aromatic carbocycles. The zero-order valence-electron chi connectivity index (χ0n) is 60.2. The maximum atomic E-state index is 15.4. The summed E-state index contributed by atoms with van der Waals surface area (Å²) in [6.45, 7) is 11.0. The predicted octanol–water partition coefficient (Wildman–Crippen LogP) is 19.9. The zero-order chi connectivity index (χ0) is 82.5. The third-order valence-electron chi connectivity index (χ3n) is 18.5. The molecule has 0 saturated carbocycles. The number of para-hydroxylation sites is 2. The number of carbonyl (C=O) groups is 1. The molecule has 13 aromatic rings. The minimum Gasteiger partial charge on any atom is -0.497 e. The molecule has 0 aliphatic carbocycles. The molecule has 0 aliphatic rings. The van der Waals surface area contributed by atoms with Crippen LogP contribution < -0.4 is 62.3 Å². The Hall–Kier alpha value is -11.9. The van der Waals surface area contributed by atoms with E-state index >= 15 is 35.1 Å². The van der Waals surface area contributed by atoms with E-state index in [9.17, 15) is 57.5 Å². The van der Waals surface area contributed by atoms with E-state index < -0.39 is 144 Å². The van der Waals surface area contributed by atoms with Crippen molar-refractivity contribution in [2.75, 3.05) is 16.9 Å². The highest BCUT2D eigenvalue weighted by atomic mass is 127. The van der Waals surface area contributed by atoms with Crippen LogP contribution in [0.25, 0.3) is 0 Å². The minimum atomic E-state index is -7.22. The van der Waals surface area contributed by atoms with Crippen molar-refractivity contribution in [1.82, 2.24) is 0 Å². The summed E-state index contributed by atoms with van der Waals surface area (Å²) in [5.41, 5.74) is -2.87. The van der Waals surface area contributed by atoms with E-state index in [4.69, 9.17) is 9.47 Å². The molecule has 5 nitrogen and oxygen atoms in total. The zero-order valence-corrected chi connectivity index (χ0v) is 62.4. The van der Waals surface area contributed by atoms with E-state index in [1.807, 2.05) is 104 Å². The Morgan fingerprint density at radius 3 is 0.781 bits per heavy atom. The number of halogens is 21. The Morgan fingerprint density at radius 2 is 0.518 bits per heavy atom. The molecule has 0 heterocycles. The number of benzene rings is 13. The number of ether oxygens (including phenoxy) is 2. The van der Waals surface area contributed by atoms with Gasteiger partial charge in [0.1, 0.15) is 69.9 Å². The van der Waals surface area contributed by atoms with Gasteiger partial charge in [0.05, 0.1) is 7.11 Å². The van der Waals surface area contributed by atoms with E-state index in [2.05, 4.69) is 159 Å². The Bertz CT molecular complexity index is 5230. The highest BCUT2D eigenvalue weighted by Gasteiger charge is 2.52. The predicted molar refractivity (Wildman–Crippen MR) is 391 cm³/mol. The van der Waals surface area contributed by atoms with Crippen molar-refractivity contribution in [2.24, 2.45) is 0 Å². The second kappa shape index (κ2) is 35.0. The highest BCUT2D eigenvalue weighted by molar-refractivity contribution is 7.20. The Morgan fingerprint density at radius 1 is 0.289 bits per heavy atom. The summed E-state index contributed by atoms with van der Waals surface area (Å²) in [4.78, 5) is 17.4. The number of rotatable bonds is 19. The van der Waals surface area contributed by atoms with E-state index in [-0.39, 0.29) is 27.0 Å². The summed E-state index contributed by atoms with van der Waals surface area (Å²) in [6, 6.07) is 78.6. The van der Waals surface area contributed by atoms with Gasteiger partial charge in [0.2, 0.25) is 0 Å². The van der Waals surface area contributed by atoms with Crippen LogP contribution in [0, 0.1) is 130 Å². The van der Waals surface area contributed by atoms with Crippen molar-refractivity contribution in [3.8, 4) is 17.2 Å². The number of hydrogen-bond donors (Lipinski definition) is 0. The summed E-state index contributed by atoms with van der Waals surface area (Å²) >= 11 is -0.0366. The van der Waals surface area contributed by atoms with E-state index in [0.717, 1.165) is 45.4 Å². The van der Waals surface area contributed by atoms with Crippen molar-refractivity contribution in [2.45, 2.75) is 46.5 Å². The average molecular weight is 1700 g/mol. The summed E-state index contributed by atoms with van der Waals surface area (Å²) in [5.74, 6) is -68.0. The molecule has 0 aromatic heterocycles. The van der Waals surface area contributed by atoms with Crippen LogP contribution in [0.1, 0.15) is 72.1 Å². The smallest absolute Gasteiger partial charge is 0.357 e. The van der Waals surface area contributed by atoms with Crippen molar-refractivity contribution < 1.29 is 123 Å². The van der Waals surface area contributed by atoms with Gasteiger partial charge in [-0.3, -0.25) is 4.79 Å². The number of hydrogen-bond acceptors (Lipinski definition) is 5. The average Bonchev–Trinajstić information content (AvgIpc) is 0.680. The fraction of sp³-hybridized carbons (Fsp3) is 0.0920. The van der Waals surface area contributed by atoms with Crippen LogP contribution in [0.3, 0.4) is 0 Å². The van der Waals surface area contributed by atoms with Crippen LogP contribution in [0.2, 0.25) is 0 Å². The third kappa shape index (κ3) is 16.5. The fourth-order valence-electron chi connectivity index (χ4n) is 12.7. The van der Waals surface area contributed by atoms with Crippen LogP contribution >= 0.6 is 0 Å². The summed E-state index contributed by atoms with van der Waals surface area (Å²) < 4.78 is 309. The second-order valence-electron chi connectivity index (χ2n) is 26.2. The number of aryl methyl sites for hydroxylation is 1. The quantitative estimate of drug-likeness (QED) is 0.0202. The van der Waals surface area contributed by atoms with Gasteiger partial charge >= 0.3 is 21.2 Å². The molecule has 114 heavy (non-hydrogen) atoms. The first kappa shape index (κ1) is 83.1. The molecule has 584 valence electrons. The van der Waals surface area contributed by atoms with Gasteiger partial charge < -0.3 is 19.3 Å². The second-order valence-corrected chi connectivity index (χ2v) is 29.2. The van der Waals surface area contributed by atoms with Gasteiger partial charge in [-0.15, -0.1) is 21.9 Å². The van der Waals surface area contributed by atoms with Crippen molar-refractivity contribution in [3.05, 3.63) is 382 Å². The summed E-state index contributed by atoms with van der Waals surface area (Å²) in [6.07, 6.45) is -7.22. The van der Waals surface area contributed by atoms with E-state index in [0.29, 0.717) is 34.5 Å². The maximum Gasteiger partial charge on any atom is 0.357 e. The van der Waals surface area contributed by atoms with Crippen molar-refractivity contribution in [1.29, 1.82) is 0 Å². The number of nitrogens with zero attached hydrogens (tertiary/aromatic N) is 2. The molecule has 0 radical (unpaired) electrons. The summed E-state index contributed by atoms with van der Waals surface area (Å²) in [5, 5.41) is 0. The number of anilines is 6. The van der Waals surface area contributed by atoms with Crippen LogP contribution in [0.15, 0.2) is 231 Å². The number of methoxy groups -OCH3 is 1. The van der Waals surface area contributed by atoms with Crippen LogP contribution in [0.4, 0.5) is 122 Å². The van der Waals surface area contributed by atoms with Gasteiger partial charge in [-0.05, 0) is 175 Å². The topological polar surface area (TPSA) is 42.0 Å². The van der Waals surface area contributed by atoms with Crippen LogP contribution in [-0.4, -0.2) is 19.0 Å². The molecule has 0 saturated heterocycles. The molecule has 27 heteroatoms. The monoisotopic (exact) mass is 1700 g/mol. The lowest BCUT2D eigenvalue weighted by Gasteiger charge is -2.44. The molecule has 13 rings (SSSR count). The Kier molecular flexibility index (Phi) is 25.5. The van der Waals surface area contributed by atoms with Gasteiger partial charge in [-0.25, -0.2) is 87.8 Å². The normalized spacial score (nSPS) is 11.3. The van der Waals surface area contributed by atoms with Gasteiger partial charge in [0.15, 0.2) is 82.7 Å². The molecular formula is C87H58BF20IN2O3. The third-order valence-corrected chi connectivity index (χ3v) is 21.2. The molecule has 0 fully saturated rings. The first-order valence-electron chi connectivity index (χ1n) is 34.3. The van der Waals surface area contributed by atoms with Gasteiger partial charge in [0.25, 0.3) is 0 Å². The van der Waals surface area contributed by atoms with Crippen LogP contribution in [-0.2, 0) is 0 Å². The molecule has 0 unspecified atom stereocenters. The standard InChI is InChI=1S/C45H36N2O3.C24BF20.C18H22I/c1-33-13-15-34(16-14-33)45(48)35-17-27-43(28-18-35)50-44-31-25-41(26-32-44)47(37-11-7-4-8-12-37)39-21-19-38(20-22-39)46(36-9-5-3-6-10-36)40-23-29-42(49-2)30-24-40;26-5-1(6(27)14(35)21(42)13(5)34)25(2-7(28)15(36)22(43)16(37)8(2)29,3-9(30)17(38)23(44)18(39)10(3)31)4-11(32)19(40)24(45)20(41)12(4)33;1-13(2)15-5-9-17(10-6-15)19-18-11-7-16(8-12-18)14(3)4/h3-32H,1-2H3;;5-14H,1-4H3/q;-1;+1. The lowest BCUT2D eigenvalue weighted by atomic mass is 9.12. The largest absolute Gasteiger partial charge is 0.497 e. The minimum absolute atomic E-state index is 0.0107. The Labute approximate surface area is 650 Å². The van der Waals surface area contributed by atoms with Gasteiger partial charge in [-0.2, -0.15) is 0 Å². The summed E-state index contributed by atoms with van der Waals surface area (Å²) in [7, 11) is 1.68. The molecular weight excluding hydrogens is 1640 g/mol. The first-order valence-corrected chi connectivity index (χ1v) is 36.5. The van der Waals surface area contributed by atoms with Crippen LogP contribution in [0.5, 0.6) is 17.2 Å². The fourth-order valence-corrected chi connectivity index (χ4v) is 14.9. The number of ketones is 1. The van der Waals surface area contributed by atoms with Crippen molar-refractivity contribution in [3.63, 3.8) is 0 Å². The highest BCUT2D eigenvalue weighted by Crippen LogP contribution is 2.41. The molecule has 0 atom stereocenters. The molecule has 0 aliphatic heterocycles. The Balaban J connectivity index is 0.000000184. The molecule has 0 N–H and O–H groups in total. The van der Waals surface area contributed by atoms with Gasteiger partial charge in [0, 0.05) is 45.3 Å². The molecule has 0 spiro atoms. The lowest BCUT2D eigenvalue weighted by Crippen LogP contribution is -3.61. The first-order chi connectivity index (χ1) is 54.3. The molecule has 0 amide bonds.